The lowest BCUT2D eigenvalue weighted by Crippen LogP contribution is -2.34. The highest BCUT2D eigenvalue weighted by atomic mass is 15.4. The van der Waals surface area contributed by atoms with Crippen molar-refractivity contribution in [2.45, 2.75) is 70.4 Å². The van der Waals surface area contributed by atoms with Gasteiger partial charge in [-0.1, -0.05) is 20.8 Å². The van der Waals surface area contributed by atoms with Crippen LogP contribution in [0.25, 0.3) is 5.65 Å². The van der Waals surface area contributed by atoms with Crippen LogP contribution in [0, 0.1) is 0 Å². The van der Waals surface area contributed by atoms with E-state index in [4.69, 9.17) is 5.10 Å². The first kappa shape index (κ1) is 17.8. The highest BCUT2D eigenvalue weighted by molar-refractivity contribution is 5.37. The van der Waals surface area contributed by atoms with E-state index in [9.17, 15) is 0 Å². The minimum Gasteiger partial charge on any atom is -0.331 e. The van der Waals surface area contributed by atoms with E-state index < -0.39 is 0 Å². The minimum atomic E-state index is 0.0164. The number of likely N-dealkylation sites (tertiary alicyclic amines) is 1. The Kier molecular flexibility index (Phi) is 4.23. The third kappa shape index (κ3) is 3.32. The Balaban J connectivity index is 1.29. The van der Waals surface area contributed by atoms with Gasteiger partial charge < -0.3 is 4.57 Å². The first-order valence-corrected chi connectivity index (χ1v) is 10.5. The zero-order chi connectivity index (χ0) is 19.3. The molecule has 0 N–H and O–H groups in total. The van der Waals surface area contributed by atoms with E-state index in [-0.39, 0.29) is 5.41 Å². The van der Waals surface area contributed by atoms with Gasteiger partial charge in [0.1, 0.15) is 5.82 Å². The van der Waals surface area contributed by atoms with Gasteiger partial charge in [-0.25, -0.2) is 4.98 Å². The van der Waals surface area contributed by atoms with Crippen LogP contribution in [-0.4, -0.2) is 47.4 Å². The number of imidazole rings is 1. The monoisotopic (exact) mass is 379 g/mol. The molecule has 0 atom stereocenters. The highest BCUT2D eigenvalue weighted by Crippen LogP contribution is 2.36. The molecule has 1 saturated heterocycles. The third-order valence-corrected chi connectivity index (χ3v) is 6.06. The van der Waals surface area contributed by atoms with Crippen LogP contribution in [-0.2, 0) is 12.0 Å². The molecule has 28 heavy (non-hydrogen) atoms. The average Bonchev–Trinajstić information content (AvgIpc) is 3.26. The summed E-state index contributed by atoms with van der Waals surface area (Å²) < 4.78 is 4.34. The Labute approximate surface area is 165 Å². The molecule has 3 aromatic heterocycles. The molecule has 1 aliphatic heterocycles. The van der Waals surface area contributed by atoms with Gasteiger partial charge in [0.05, 0.1) is 12.2 Å². The molecule has 2 aliphatic rings. The first-order chi connectivity index (χ1) is 13.5. The molecule has 1 aliphatic carbocycles. The molecule has 7 heteroatoms. The Morgan fingerprint density at radius 3 is 2.54 bits per heavy atom. The molecule has 7 nitrogen and oxygen atoms in total. The van der Waals surface area contributed by atoms with E-state index in [1.165, 1.54) is 18.7 Å². The molecule has 0 bridgehead atoms. The van der Waals surface area contributed by atoms with Crippen molar-refractivity contribution in [1.82, 2.24) is 34.3 Å². The van der Waals surface area contributed by atoms with E-state index >= 15 is 0 Å². The van der Waals surface area contributed by atoms with E-state index in [1.54, 1.807) is 0 Å². The fourth-order valence-corrected chi connectivity index (χ4v) is 4.16. The van der Waals surface area contributed by atoms with E-state index in [0.717, 1.165) is 49.6 Å². The van der Waals surface area contributed by atoms with Gasteiger partial charge in [0.15, 0.2) is 11.5 Å². The quantitative estimate of drug-likeness (QED) is 0.696. The van der Waals surface area contributed by atoms with Gasteiger partial charge in [0.25, 0.3) is 0 Å². The standard InChI is InChI=1S/C21H29N7/c1-21(2,3)17-6-7-18-23-24-20(28(18)25-17)15-8-11-26(12-9-15)14-19-22-10-13-27(19)16-4-5-16/h6-7,10,13,15-16H,4-5,8-9,11-12,14H2,1-3H3. The molecule has 5 rings (SSSR count). The van der Waals surface area contributed by atoms with Gasteiger partial charge in [-0.3, -0.25) is 4.90 Å². The van der Waals surface area contributed by atoms with Crippen molar-refractivity contribution in [3.8, 4) is 0 Å². The van der Waals surface area contributed by atoms with Crippen molar-refractivity contribution < 1.29 is 0 Å². The summed E-state index contributed by atoms with van der Waals surface area (Å²) in [5.74, 6) is 2.64. The average molecular weight is 380 g/mol. The fraction of sp³-hybridized carbons (Fsp3) is 0.619. The van der Waals surface area contributed by atoms with Gasteiger partial charge in [0, 0.05) is 29.8 Å². The number of nitrogens with zero attached hydrogens (tertiary/aromatic N) is 7. The van der Waals surface area contributed by atoms with Crippen molar-refractivity contribution in [2.24, 2.45) is 0 Å². The molecule has 0 amide bonds. The Bertz CT molecular complexity index is 968. The lowest BCUT2D eigenvalue weighted by atomic mass is 9.92. The summed E-state index contributed by atoms with van der Waals surface area (Å²) in [6.07, 6.45) is 8.87. The zero-order valence-corrected chi connectivity index (χ0v) is 17.0. The maximum atomic E-state index is 4.86. The molecular formula is C21H29N7. The van der Waals surface area contributed by atoms with Crippen molar-refractivity contribution in [3.05, 3.63) is 41.9 Å². The molecule has 3 aromatic rings. The van der Waals surface area contributed by atoms with Crippen LogP contribution < -0.4 is 0 Å². The largest absolute Gasteiger partial charge is 0.331 e. The summed E-state index contributed by atoms with van der Waals surface area (Å²) in [6, 6.07) is 4.80. The predicted octanol–water partition coefficient (Wildman–Crippen LogP) is 3.33. The minimum absolute atomic E-state index is 0.0164. The highest BCUT2D eigenvalue weighted by Gasteiger charge is 2.29. The molecule has 1 saturated carbocycles. The second kappa shape index (κ2) is 6.65. The van der Waals surface area contributed by atoms with Crippen LogP contribution in [0.4, 0.5) is 0 Å². The number of hydrogen-bond acceptors (Lipinski definition) is 5. The maximum Gasteiger partial charge on any atom is 0.177 e. The van der Waals surface area contributed by atoms with Crippen LogP contribution in [0.15, 0.2) is 24.5 Å². The zero-order valence-electron chi connectivity index (χ0n) is 17.0. The van der Waals surface area contributed by atoms with Gasteiger partial charge in [-0.05, 0) is 50.9 Å². The van der Waals surface area contributed by atoms with Gasteiger partial charge in [-0.2, -0.15) is 9.61 Å². The van der Waals surface area contributed by atoms with E-state index in [2.05, 4.69) is 57.7 Å². The Morgan fingerprint density at radius 2 is 1.82 bits per heavy atom. The maximum absolute atomic E-state index is 4.86. The molecule has 0 unspecified atom stereocenters. The van der Waals surface area contributed by atoms with Crippen molar-refractivity contribution in [3.63, 3.8) is 0 Å². The number of hydrogen-bond donors (Lipinski definition) is 0. The molecule has 2 fully saturated rings. The summed E-state index contributed by atoms with van der Waals surface area (Å²) in [6.45, 7) is 9.65. The predicted molar refractivity (Wildman–Crippen MR) is 107 cm³/mol. The van der Waals surface area contributed by atoms with Crippen molar-refractivity contribution in [1.29, 1.82) is 0 Å². The molecule has 0 aromatic carbocycles. The normalized spacial score (nSPS) is 19.5. The summed E-state index contributed by atoms with van der Waals surface area (Å²) in [4.78, 5) is 7.12. The molecule has 0 radical (unpaired) electrons. The van der Waals surface area contributed by atoms with Crippen molar-refractivity contribution in [2.75, 3.05) is 13.1 Å². The number of piperidine rings is 1. The van der Waals surface area contributed by atoms with Crippen LogP contribution in [0.2, 0.25) is 0 Å². The fourth-order valence-electron chi connectivity index (χ4n) is 4.16. The third-order valence-electron chi connectivity index (χ3n) is 6.06. The smallest absolute Gasteiger partial charge is 0.177 e. The lowest BCUT2D eigenvalue weighted by molar-refractivity contribution is 0.194. The topological polar surface area (TPSA) is 64.1 Å². The summed E-state index contributed by atoms with van der Waals surface area (Å²) >= 11 is 0. The number of rotatable bonds is 4. The Morgan fingerprint density at radius 1 is 1.04 bits per heavy atom. The number of fused-ring (bicyclic) bond motifs is 1. The SMILES string of the molecule is CC(C)(C)c1ccc2nnc(C3CCN(Cc4nccn4C4CC4)CC3)n2n1. The van der Waals surface area contributed by atoms with Gasteiger partial charge in [-0.15, -0.1) is 10.2 Å². The van der Waals surface area contributed by atoms with Gasteiger partial charge >= 0.3 is 0 Å². The molecule has 4 heterocycles. The van der Waals surface area contributed by atoms with Crippen molar-refractivity contribution >= 4 is 5.65 Å². The lowest BCUT2D eigenvalue weighted by Gasteiger charge is -2.31. The van der Waals surface area contributed by atoms with Crippen LogP contribution in [0.5, 0.6) is 0 Å². The Hall–Kier alpha value is -2.28. The molecular weight excluding hydrogens is 350 g/mol. The van der Waals surface area contributed by atoms with Gasteiger partial charge in [0.2, 0.25) is 0 Å². The number of aromatic nitrogens is 6. The van der Waals surface area contributed by atoms with Crippen LogP contribution in [0.1, 0.15) is 75.8 Å². The van der Waals surface area contributed by atoms with Crippen LogP contribution >= 0.6 is 0 Å². The second-order valence-corrected chi connectivity index (χ2v) is 9.33. The van der Waals surface area contributed by atoms with E-state index in [0.29, 0.717) is 12.0 Å². The van der Waals surface area contributed by atoms with E-state index in [1.807, 2.05) is 16.8 Å². The summed E-state index contributed by atoms with van der Waals surface area (Å²) in [7, 11) is 0. The second-order valence-electron chi connectivity index (χ2n) is 9.33. The van der Waals surface area contributed by atoms with Crippen LogP contribution in [0.3, 0.4) is 0 Å². The molecule has 148 valence electrons. The first-order valence-electron chi connectivity index (χ1n) is 10.5. The summed E-state index contributed by atoms with van der Waals surface area (Å²) in [5, 5.41) is 13.7. The summed E-state index contributed by atoms with van der Waals surface area (Å²) in [5.41, 5.74) is 1.94. The molecule has 0 spiro atoms.